The van der Waals surface area contributed by atoms with E-state index in [1.54, 1.807) is 13.3 Å². The van der Waals surface area contributed by atoms with Gasteiger partial charge in [-0.2, -0.15) is 0 Å². The third-order valence-electron chi connectivity index (χ3n) is 3.62. The highest BCUT2D eigenvalue weighted by atomic mass is 16.5. The van der Waals surface area contributed by atoms with E-state index in [2.05, 4.69) is 10.3 Å². The van der Waals surface area contributed by atoms with E-state index in [0.717, 1.165) is 24.1 Å². The van der Waals surface area contributed by atoms with Gasteiger partial charge in [0.05, 0.1) is 11.6 Å². The monoisotopic (exact) mass is 221 g/mol. The molecule has 0 saturated heterocycles. The average Bonchev–Trinajstić information content (AvgIpc) is 2.25. The van der Waals surface area contributed by atoms with Crippen LogP contribution >= 0.6 is 0 Å². The van der Waals surface area contributed by atoms with Crippen LogP contribution in [0.4, 0.5) is 5.69 Å². The lowest BCUT2D eigenvalue weighted by Gasteiger charge is -2.46. The van der Waals surface area contributed by atoms with Gasteiger partial charge in [-0.25, -0.2) is 0 Å². The molecule has 0 bridgehead atoms. The fourth-order valence-corrected chi connectivity index (χ4v) is 2.50. The second-order valence-corrected chi connectivity index (χ2v) is 4.35. The van der Waals surface area contributed by atoms with Crippen molar-refractivity contribution < 1.29 is 4.74 Å². The molecule has 0 aliphatic heterocycles. The fourth-order valence-electron chi connectivity index (χ4n) is 2.50. The van der Waals surface area contributed by atoms with Crippen LogP contribution in [-0.4, -0.2) is 24.7 Å². The number of hydrogen-bond donors (Lipinski definition) is 2. The molecule has 0 radical (unpaired) electrons. The number of nitrogen functional groups attached to an aromatic ring is 1. The third kappa shape index (κ3) is 1.68. The first kappa shape index (κ1) is 11.4. The molecule has 1 atom stereocenters. The number of nitrogens with one attached hydrogen (secondary N) is 1. The van der Waals surface area contributed by atoms with Crippen LogP contribution in [0.25, 0.3) is 0 Å². The minimum absolute atomic E-state index is 0.105. The summed E-state index contributed by atoms with van der Waals surface area (Å²) >= 11 is 0. The van der Waals surface area contributed by atoms with Gasteiger partial charge in [-0.1, -0.05) is 0 Å². The second kappa shape index (κ2) is 4.39. The lowest BCUT2D eigenvalue weighted by atomic mass is 9.72. The zero-order chi connectivity index (χ0) is 11.6. The summed E-state index contributed by atoms with van der Waals surface area (Å²) in [6.07, 6.45) is 6.90. The van der Waals surface area contributed by atoms with Gasteiger partial charge >= 0.3 is 0 Å². The fraction of sp³-hybridized carbons (Fsp3) is 0.583. The second-order valence-electron chi connectivity index (χ2n) is 4.35. The maximum absolute atomic E-state index is 5.99. The van der Waals surface area contributed by atoms with Crippen LogP contribution in [0.1, 0.15) is 30.9 Å². The van der Waals surface area contributed by atoms with Gasteiger partial charge < -0.3 is 15.8 Å². The number of likely N-dealkylation sites (N-methyl/N-ethyl adjacent to an activating group) is 1. The molecule has 16 heavy (non-hydrogen) atoms. The molecule has 3 N–H and O–H groups in total. The average molecular weight is 221 g/mol. The molecule has 1 fully saturated rings. The van der Waals surface area contributed by atoms with Crippen molar-refractivity contribution in [3.63, 3.8) is 0 Å². The van der Waals surface area contributed by atoms with E-state index in [1.165, 1.54) is 6.42 Å². The number of aromatic nitrogens is 1. The number of ether oxygens (including phenoxy) is 1. The molecule has 0 amide bonds. The molecule has 4 heteroatoms. The predicted octanol–water partition coefficient (Wildman–Crippen LogP) is 1.49. The van der Waals surface area contributed by atoms with Crippen molar-refractivity contribution in [2.24, 2.45) is 0 Å². The predicted molar refractivity (Wildman–Crippen MR) is 64.0 cm³/mol. The Morgan fingerprint density at radius 1 is 1.56 bits per heavy atom. The molecular formula is C12H19N3O. The Kier molecular flexibility index (Phi) is 3.12. The quantitative estimate of drug-likeness (QED) is 0.808. The summed E-state index contributed by atoms with van der Waals surface area (Å²) < 4.78 is 5.69. The Hall–Kier alpha value is -1.13. The molecule has 2 rings (SSSR count). The maximum Gasteiger partial charge on any atom is 0.0873 e. The molecule has 1 aliphatic carbocycles. The summed E-state index contributed by atoms with van der Waals surface area (Å²) in [5.41, 5.74) is 7.70. The highest BCUT2D eigenvalue weighted by Gasteiger charge is 2.45. The summed E-state index contributed by atoms with van der Waals surface area (Å²) in [5.74, 6) is 0. The van der Waals surface area contributed by atoms with Gasteiger partial charge in [0.15, 0.2) is 0 Å². The lowest BCUT2D eigenvalue weighted by molar-refractivity contribution is -0.0982. The number of pyridine rings is 1. The van der Waals surface area contributed by atoms with Gasteiger partial charge in [0, 0.05) is 30.8 Å². The Bertz CT molecular complexity index is 358. The van der Waals surface area contributed by atoms with Crippen molar-refractivity contribution in [3.05, 3.63) is 24.0 Å². The van der Waals surface area contributed by atoms with Gasteiger partial charge in [0.25, 0.3) is 0 Å². The highest BCUT2D eigenvalue weighted by Crippen LogP contribution is 2.45. The first-order valence-corrected chi connectivity index (χ1v) is 5.65. The summed E-state index contributed by atoms with van der Waals surface area (Å²) in [6, 6.07) is 1.96. The van der Waals surface area contributed by atoms with E-state index in [1.807, 2.05) is 19.3 Å². The van der Waals surface area contributed by atoms with Gasteiger partial charge in [-0.15, -0.1) is 0 Å². The molecule has 0 spiro atoms. The third-order valence-corrected chi connectivity index (χ3v) is 3.62. The van der Waals surface area contributed by atoms with Crippen LogP contribution in [-0.2, 0) is 4.74 Å². The molecule has 1 saturated carbocycles. The zero-order valence-electron chi connectivity index (χ0n) is 9.86. The van der Waals surface area contributed by atoms with Crippen LogP contribution in [0.3, 0.4) is 0 Å². The van der Waals surface area contributed by atoms with Crippen molar-refractivity contribution in [3.8, 4) is 0 Å². The Morgan fingerprint density at radius 3 is 2.75 bits per heavy atom. The van der Waals surface area contributed by atoms with Crippen molar-refractivity contribution in [1.82, 2.24) is 10.3 Å². The van der Waals surface area contributed by atoms with Crippen molar-refractivity contribution >= 4 is 5.69 Å². The normalized spacial score (nSPS) is 20.1. The standard InChI is InChI=1S/C12H19N3O/c1-14-11(12(16-2)5-3-6-12)9-8-15-7-4-10(9)13/h4,7-8,11,14H,3,5-6H2,1-2H3,(H2,13,15). The van der Waals surface area contributed by atoms with E-state index in [-0.39, 0.29) is 11.6 Å². The molecular weight excluding hydrogens is 202 g/mol. The smallest absolute Gasteiger partial charge is 0.0873 e. The summed E-state index contributed by atoms with van der Waals surface area (Å²) in [4.78, 5) is 4.15. The number of hydrogen-bond acceptors (Lipinski definition) is 4. The number of anilines is 1. The molecule has 1 aromatic rings. The number of nitrogens with zero attached hydrogens (tertiary/aromatic N) is 1. The van der Waals surface area contributed by atoms with E-state index < -0.39 is 0 Å². The first-order chi connectivity index (χ1) is 7.73. The highest BCUT2D eigenvalue weighted by molar-refractivity contribution is 5.47. The van der Waals surface area contributed by atoms with Crippen molar-refractivity contribution in [1.29, 1.82) is 0 Å². The molecule has 88 valence electrons. The van der Waals surface area contributed by atoms with Crippen LogP contribution in [0.2, 0.25) is 0 Å². The van der Waals surface area contributed by atoms with Crippen molar-refractivity contribution in [2.75, 3.05) is 19.9 Å². The number of methoxy groups -OCH3 is 1. The molecule has 0 aromatic carbocycles. The molecule has 4 nitrogen and oxygen atoms in total. The molecule has 1 aliphatic rings. The minimum Gasteiger partial charge on any atom is -0.398 e. The van der Waals surface area contributed by atoms with E-state index >= 15 is 0 Å². The van der Waals surface area contributed by atoms with Gasteiger partial charge in [-0.05, 0) is 32.4 Å². The Morgan fingerprint density at radius 2 is 2.31 bits per heavy atom. The van der Waals surface area contributed by atoms with Gasteiger partial charge in [0.2, 0.25) is 0 Å². The topological polar surface area (TPSA) is 60.2 Å². The van der Waals surface area contributed by atoms with Gasteiger partial charge in [0.1, 0.15) is 0 Å². The summed E-state index contributed by atoms with van der Waals surface area (Å²) in [7, 11) is 3.71. The Labute approximate surface area is 96.2 Å². The number of rotatable bonds is 4. The largest absolute Gasteiger partial charge is 0.398 e. The van der Waals surface area contributed by atoms with Crippen LogP contribution in [0.5, 0.6) is 0 Å². The van der Waals surface area contributed by atoms with Crippen molar-refractivity contribution in [2.45, 2.75) is 30.9 Å². The Balaban J connectivity index is 2.32. The van der Waals surface area contributed by atoms with Crippen LogP contribution < -0.4 is 11.1 Å². The van der Waals surface area contributed by atoms with Gasteiger partial charge in [-0.3, -0.25) is 4.98 Å². The molecule has 1 unspecified atom stereocenters. The van der Waals surface area contributed by atoms with Crippen LogP contribution in [0, 0.1) is 0 Å². The van der Waals surface area contributed by atoms with E-state index in [0.29, 0.717) is 0 Å². The van der Waals surface area contributed by atoms with E-state index in [9.17, 15) is 0 Å². The first-order valence-electron chi connectivity index (χ1n) is 5.65. The lowest BCUT2D eigenvalue weighted by Crippen LogP contribution is -2.50. The minimum atomic E-state index is -0.105. The summed E-state index contributed by atoms with van der Waals surface area (Å²) in [5, 5.41) is 3.31. The van der Waals surface area contributed by atoms with E-state index in [4.69, 9.17) is 10.5 Å². The maximum atomic E-state index is 5.99. The zero-order valence-corrected chi connectivity index (χ0v) is 9.86. The SMILES string of the molecule is CNC(c1cnccc1N)C1(OC)CCC1. The molecule has 1 aromatic heterocycles. The van der Waals surface area contributed by atoms with Crippen LogP contribution in [0.15, 0.2) is 18.5 Å². The summed E-state index contributed by atoms with van der Waals surface area (Å²) in [6.45, 7) is 0. The number of nitrogens with two attached hydrogens (primary N) is 1. The molecule has 1 heterocycles.